The highest BCUT2D eigenvalue weighted by atomic mass is 32.2. The Morgan fingerprint density at radius 2 is 2.00 bits per heavy atom. The Hall–Kier alpha value is -2.88. The van der Waals surface area contributed by atoms with Gasteiger partial charge in [0.2, 0.25) is 0 Å². The molecule has 10 heteroatoms. The largest absolute Gasteiger partial charge is 0.493 e. The quantitative estimate of drug-likeness (QED) is 0.398. The van der Waals surface area contributed by atoms with Crippen molar-refractivity contribution in [1.29, 1.82) is 0 Å². The van der Waals surface area contributed by atoms with Gasteiger partial charge in [0, 0.05) is 11.0 Å². The number of methoxy groups -OCH3 is 1. The van der Waals surface area contributed by atoms with Gasteiger partial charge in [0.1, 0.15) is 5.56 Å². The molecule has 27 heavy (non-hydrogen) atoms. The van der Waals surface area contributed by atoms with E-state index in [1.165, 1.54) is 25.3 Å². The average molecular weight is 398 g/mol. The van der Waals surface area contributed by atoms with E-state index in [9.17, 15) is 23.7 Å². The summed E-state index contributed by atoms with van der Waals surface area (Å²) in [6.45, 7) is 1.95. The number of carbonyl (C=O) groups excluding carboxylic acids is 1. The summed E-state index contributed by atoms with van der Waals surface area (Å²) in [5, 5.41) is 13.8. The number of anilines is 1. The third kappa shape index (κ3) is 5.07. The topological polar surface area (TPSA) is 90.7 Å². The second kappa shape index (κ2) is 9.17. The van der Waals surface area contributed by atoms with Crippen LogP contribution in [0.2, 0.25) is 0 Å². The molecular weight excluding hydrogens is 382 g/mol. The van der Waals surface area contributed by atoms with Gasteiger partial charge in [0.05, 0.1) is 30.4 Å². The lowest BCUT2D eigenvalue weighted by Crippen LogP contribution is -2.15. The molecule has 0 fully saturated rings. The summed E-state index contributed by atoms with van der Waals surface area (Å²) in [4.78, 5) is 23.4. The van der Waals surface area contributed by atoms with Crippen LogP contribution in [-0.4, -0.2) is 30.3 Å². The minimum Gasteiger partial charge on any atom is -0.493 e. The third-order valence-electron chi connectivity index (χ3n) is 3.37. The van der Waals surface area contributed by atoms with Gasteiger partial charge in [0.15, 0.2) is 11.5 Å². The monoisotopic (exact) mass is 398 g/mol. The first kappa shape index (κ1) is 20.4. The molecule has 0 atom stereocenters. The Bertz CT molecular complexity index is 848. The molecule has 0 unspecified atom stereocenters. The summed E-state index contributed by atoms with van der Waals surface area (Å²) in [5.41, 5.74) is -0.650. The summed E-state index contributed by atoms with van der Waals surface area (Å²) in [6.07, 6.45) is 0. The number of halogens is 2. The number of alkyl halides is 2. The van der Waals surface area contributed by atoms with E-state index >= 15 is 0 Å². The van der Waals surface area contributed by atoms with Gasteiger partial charge in [0.25, 0.3) is 17.4 Å². The first-order chi connectivity index (χ1) is 12.9. The zero-order valence-corrected chi connectivity index (χ0v) is 15.2. The van der Waals surface area contributed by atoms with Crippen molar-refractivity contribution in [2.45, 2.75) is 17.6 Å². The van der Waals surface area contributed by atoms with Crippen molar-refractivity contribution in [2.24, 2.45) is 0 Å². The average Bonchev–Trinajstić information content (AvgIpc) is 2.62. The summed E-state index contributed by atoms with van der Waals surface area (Å²) in [6, 6.07) is 8.22. The van der Waals surface area contributed by atoms with Crippen LogP contribution in [0.1, 0.15) is 17.3 Å². The first-order valence-corrected chi connectivity index (χ1v) is 8.59. The van der Waals surface area contributed by atoms with Crippen LogP contribution in [0.5, 0.6) is 11.5 Å². The summed E-state index contributed by atoms with van der Waals surface area (Å²) < 4.78 is 35.8. The number of carbonyl (C=O) groups is 1. The SMILES string of the molecule is CCOc1cc([N+](=O)[O-])c(C(=O)Nc2ccccc2SC(F)F)cc1OC. The van der Waals surface area contributed by atoms with Crippen LogP contribution in [0.4, 0.5) is 20.2 Å². The highest BCUT2D eigenvalue weighted by Gasteiger charge is 2.25. The molecule has 0 bridgehead atoms. The summed E-state index contributed by atoms with van der Waals surface area (Å²) in [5.74, 6) is -3.24. The molecule has 144 valence electrons. The molecule has 1 amide bonds. The van der Waals surface area contributed by atoms with E-state index in [1.807, 2.05) is 0 Å². The molecule has 2 aromatic rings. The molecular formula is C17H16F2N2O5S. The van der Waals surface area contributed by atoms with E-state index in [1.54, 1.807) is 19.1 Å². The molecule has 0 aliphatic rings. The predicted octanol–water partition coefficient (Wildman–Crippen LogP) is 4.57. The molecule has 0 saturated heterocycles. The number of benzene rings is 2. The van der Waals surface area contributed by atoms with Crippen LogP contribution < -0.4 is 14.8 Å². The molecule has 0 spiro atoms. The Labute approximate surface area is 157 Å². The Morgan fingerprint density at radius 3 is 2.59 bits per heavy atom. The van der Waals surface area contributed by atoms with Crippen molar-refractivity contribution >= 4 is 29.0 Å². The first-order valence-electron chi connectivity index (χ1n) is 7.71. The van der Waals surface area contributed by atoms with E-state index in [0.717, 1.165) is 6.07 Å². The van der Waals surface area contributed by atoms with Crippen LogP contribution in [0.3, 0.4) is 0 Å². The van der Waals surface area contributed by atoms with Crippen LogP contribution in [-0.2, 0) is 0 Å². The van der Waals surface area contributed by atoms with Crippen LogP contribution in [0.25, 0.3) is 0 Å². The minimum absolute atomic E-state index is 0.120. The summed E-state index contributed by atoms with van der Waals surface area (Å²) in [7, 11) is 1.33. The Balaban J connectivity index is 2.43. The van der Waals surface area contributed by atoms with Gasteiger partial charge >= 0.3 is 0 Å². The molecule has 0 heterocycles. The fourth-order valence-corrected chi connectivity index (χ4v) is 2.86. The van der Waals surface area contributed by atoms with E-state index in [-0.39, 0.29) is 46.0 Å². The van der Waals surface area contributed by atoms with Crippen molar-refractivity contribution in [2.75, 3.05) is 19.0 Å². The lowest BCUT2D eigenvalue weighted by atomic mass is 10.1. The van der Waals surface area contributed by atoms with Crippen molar-refractivity contribution in [3.05, 3.63) is 52.1 Å². The Morgan fingerprint density at radius 1 is 1.30 bits per heavy atom. The van der Waals surface area contributed by atoms with Crippen LogP contribution in [0.15, 0.2) is 41.3 Å². The zero-order valence-electron chi connectivity index (χ0n) is 14.4. The second-order valence-electron chi connectivity index (χ2n) is 5.04. The van der Waals surface area contributed by atoms with Crippen LogP contribution in [0, 0.1) is 10.1 Å². The number of hydrogen-bond acceptors (Lipinski definition) is 6. The maximum atomic E-state index is 12.7. The number of ether oxygens (including phenoxy) is 2. The molecule has 0 aromatic heterocycles. The normalized spacial score (nSPS) is 10.6. The molecule has 0 radical (unpaired) electrons. The predicted molar refractivity (Wildman–Crippen MR) is 97.1 cm³/mol. The lowest BCUT2D eigenvalue weighted by Gasteiger charge is -2.13. The van der Waals surface area contributed by atoms with E-state index < -0.39 is 22.3 Å². The molecule has 2 aromatic carbocycles. The van der Waals surface area contributed by atoms with E-state index in [4.69, 9.17) is 9.47 Å². The number of nitro benzene ring substituents is 1. The van der Waals surface area contributed by atoms with E-state index in [0.29, 0.717) is 0 Å². The third-order valence-corrected chi connectivity index (χ3v) is 4.16. The van der Waals surface area contributed by atoms with Gasteiger partial charge in [-0.2, -0.15) is 8.78 Å². The molecule has 7 nitrogen and oxygen atoms in total. The van der Waals surface area contributed by atoms with Gasteiger partial charge in [-0.05, 0) is 19.1 Å². The number of para-hydroxylation sites is 1. The Kier molecular flexibility index (Phi) is 6.94. The molecule has 1 N–H and O–H groups in total. The maximum Gasteiger partial charge on any atom is 0.288 e. The molecule has 0 saturated carbocycles. The van der Waals surface area contributed by atoms with Gasteiger partial charge in [-0.25, -0.2) is 0 Å². The van der Waals surface area contributed by atoms with Crippen LogP contribution >= 0.6 is 11.8 Å². The second-order valence-corrected chi connectivity index (χ2v) is 6.07. The fraction of sp³-hybridized carbons (Fsp3) is 0.235. The number of nitro groups is 1. The lowest BCUT2D eigenvalue weighted by molar-refractivity contribution is -0.385. The standard InChI is InChI=1S/C17H16F2N2O5S/c1-3-26-14-9-12(21(23)24)10(8-13(14)25-2)16(22)20-11-6-4-5-7-15(11)27-17(18)19/h4-9,17H,3H2,1-2H3,(H,20,22). The highest BCUT2D eigenvalue weighted by Crippen LogP contribution is 2.36. The minimum atomic E-state index is -2.68. The summed E-state index contributed by atoms with van der Waals surface area (Å²) >= 11 is 0.263. The number of amides is 1. The van der Waals surface area contributed by atoms with Crippen molar-refractivity contribution in [1.82, 2.24) is 0 Å². The number of rotatable bonds is 8. The van der Waals surface area contributed by atoms with Gasteiger partial charge in [-0.3, -0.25) is 14.9 Å². The van der Waals surface area contributed by atoms with E-state index in [2.05, 4.69) is 5.32 Å². The van der Waals surface area contributed by atoms with Crippen molar-refractivity contribution in [3.8, 4) is 11.5 Å². The van der Waals surface area contributed by atoms with Crippen molar-refractivity contribution in [3.63, 3.8) is 0 Å². The number of thioether (sulfide) groups is 1. The maximum absolute atomic E-state index is 12.7. The smallest absolute Gasteiger partial charge is 0.288 e. The molecule has 0 aliphatic heterocycles. The molecule has 0 aliphatic carbocycles. The van der Waals surface area contributed by atoms with Crippen molar-refractivity contribution < 1.29 is 28.0 Å². The van der Waals surface area contributed by atoms with Gasteiger partial charge in [-0.1, -0.05) is 23.9 Å². The number of nitrogens with one attached hydrogen (secondary N) is 1. The zero-order chi connectivity index (χ0) is 20.0. The molecule has 2 rings (SSSR count). The number of hydrogen-bond donors (Lipinski definition) is 1. The highest BCUT2D eigenvalue weighted by molar-refractivity contribution is 7.99. The van der Waals surface area contributed by atoms with Gasteiger partial charge in [-0.15, -0.1) is 0 Å². The number of nitrogens with zero attached hydrogens (tertiary/aromatic N) is 1. The van der Waals surface area contributed by atoms with Gasteiger partial charge < -0.3 is 14.8 Å². The fourth-order valence-electron chi connectivity index (χ4n) is 2.27.